The molecule has 6 nitrogen and oxygen atoms in total. The number of thioether (sulfide) groups is 1. The summed E-state index contributed by atoms with van der Waals surface area (Å²) in [6.45, 7) is 5.98. The molecule has 1 aliphatic carbocycles. The minimum atomic E-state index is -0.714. The summed E-state index contributed by atoms with van der Waals surface area (Å²) in [6.07, 6.45) is 9.59. The van der Waals surface area contributed by atoms with Gasteiger partial charge in [-0.3, -0.25) is 4.99 Å². The summed E-state index contributed by atoms with van der Waals surface area (Å²) < 4.78 is 31.6. The molecule has 0 bridgehead atoms. The highest BCUT2D eigenvalue weighted by Crippen LogP contribution is 2.34. The van der Waals surface area contributed by atoms with E-state index in [1.807, 2.05) is 23.3 Å². The van der Waals surface area contributed by atoms with Gasteiger partial charge in [-0.05, 0) is 44.1 Å². The van der Waals surface area contributed by atoms with E-state index >= 15 is 0 Å². The molecule has 2 fully saturated rings. The zero-order valence-corrected chi connectivity index (χ0v) is 19.2. The number of carbonyl (C=O) groups is 1. The molecule has 0 aromatic carbocycles. The van der Waals surface area contributed by atoms with Crippen molar-refractivity contribution in [2.75, 3.05) is 19.8 Å². The van der Waals surface area contributed by atoms with Crippen molar-refractivity contribution in [1.82, 2.24) is 10.2 Å². The Bertz CT molecular complexity index is 860. The van der Waals surface area contributed by atoms with Gasteiger partial charge in [0, 0.05) is 29.1 Å². The Hall–Kier alpha value is -2.42. The zero-order valence-electron chi connectivity index (χ0n) is 18.4. The minimum absolute atomic E-state index is 0.0345. The molecule has 0 spiro atoms. The molecule has 0 aromatic rings. The topological polar surface area (TPSA) is 66.3 Å². The van der Waals surface area contributed by atoms with Crippen LogP contribution in [-0.2, 0) is 4.74 Å². The van der Waals surface area contributed by atoms with Crippen LogP contribution in [0.1, 0.15) is 45.4 Å². The van der Waals surface area contributed by atoms with E-state index in [9.17, 15) is 13.7 Å². The number of nitrogens with one attached hydrogen (secondary N) is 1. The molecule has 9 heteroatoms. The van der Waals surface area contributed by atoms with E-state index in [4.69, 9.17) is 4.74 Å². The first kappa shape index (κ1) is 24.2. The van der Waals surface area contributed by atoms with Crippen molar-refractivity contribution >= 4 is 29.4 Å². The molecule has 2 heterocycles. The minimum Gasteiger partial charge on any atom is -0.446 e. The number of fused-ring (bicyclic) bond motifs is 1. The maximum atomic E-state index is 13.4. The highest BCUT2D eigenvalue weighted by Gasteiger charge is 2.37. The van der Waals surface area contributed by atoms with Gasteiger partial charge in [-0.2, -0.15) is 0 Å². The number of alkyl halides is 1. The number of halogens is 2. The summed E-state index contributed by atoms with van der Waals surface area (Å²) in [5, 5.41) is 7.72. The summed E-state index contributed by atoms with van der Waals surface area (Å²) in [4.78, 5) is 19.8. The number of rotatable bonds is 8. The first-order valence-corrected chi connectivity index (χ1v) is 11.8. The Balaban J connectivity index is 1.77. The number of ether oxygens (including phenoxy) is 1. The highest BCUT2D eigenvalue weighted by molar-refractivity contribution is 8.06. The molecule has 1 saturated heterocycles. The lowest BCUT2D eigenvalue weighted by molar-refractivity contribution is 0.0732. The average molecular weight is 465 g/mol. The van der Waals surface area contributed by atoms with Crippen LogP contribution < -0.4 is 5.32 Å². The molecule has 2 aliphatic heterocycles. The number of hydrogen-bond acceptors (Lipinski definition) is 6. The number of allylic oxidation sites excluding steroid dienone is 3. The Morgan fingerprint density at radius 2 is 2.19 bits per heavy atom. The molecular formula is C23H30F2N4O2S. The second-order valence-corrected chi connectivity index (χ2v) is 8.92. The molecule has 1 unspecified atom stereocenters. The van der Waals surface area contributed by atoms with Crippen LogP contribution in [0.2, 0.25) is 0 Å². The summed E-state index contributed by atoms with van der Waals surface area (Å²) >= 11 is 1.45. The molecule has 1 N–H and O–H groups in total. The van der Waals surface area contributed by atoms with Crippen LogP contribution in [0.25, 0.3) is 0 Å². The van der Waals surface area contributed by atoms with Crippen LogP contribution in [0.4, 0.5) is 13.7 Å². The van der Waals surface area contributed by atoms with Crippen LogP contribution in [0.5, 0.6) is 0 Å². The Labute approximate surface area is 192 Å². The summed E-state index contributed by atoms with van der Waals surface area (Å²) in [7, 11) is 0. The number of hydrogen-bond donors (Lipinski definition) is 1. The van der Waals surface area contributed by atoms with Gasteiger partial charge in [-0.1, -0.05) is 46.6 Å². The van der Waals surface area contributed by atoms with Gasteiger partial charge in [0.05, 0.1) is 12.6 Å². The van der Waals surface area contributed by atoms with Crippen LogP contribution in [-0.4, -0.2) is 54.5 Å². The van der Waals surface area contributed by atoms with E-state index in [2.05, 4.69) is 22.1 Å². The smallest absolute Gasteiger partial charge is 0.407 e. The van der Waals surface area contributed by atoms with Crippen molar-refractivity contribution in [1.29, 1.82) is 0 Å². The Morgan fingerprint density at radius 3 is 2.88 bits per heavy atom. The fourth-order valence-corrected chi connectivity index (χ4v) is 4.79. The van der Waals surface area contributed by atoms with E-state index in [-0.39, 0.29) is 24.4 Å². The summed E-state index contributed by atoms with van der Waals surface area (Å²) in [5.74, 6) is 0.685. The average Bonchev–Trinajstić information content (AvgIpc) is 3.21. The van der Waals surface area contributed by atoms with E-state index < -0.39 is 12.8 Å². The molecule has 0 aromatic heterocycles. The van der Waals surface area contributed by atoms with Gasteiger partial charge >= 0.3 is 6.09 Å². The maximum absolute atomic E-state index is 13.4. The molecule has 1 amide bonds. The maximum Gasteiger partial charge on any atom is 0.407 e. The van der Waals surface area contributed by atoms with Crippen molar-refractivity contribution in [3.05, 3.63) is 46.4 Å². The van der Waals surface area contributed by atoms with E-state index in [0.29, 0.717) is 24.4 Å². The largest absolute Gasteiger partial charge is 0.446 e. The monoisotopic (exact) mass is 464 g/mol. The fourth-order valence-electron chi connectivity index (χ4n) is 4.21. The Morgan fingerprint density at radius 1 is 1.41 bits per heavy atom. The van der Waals surface area contributed by atoms with Gasteiger partial charge in [0.2, 0.25) is 0 Å². The third-order valence-electron chi connectivity index (χ3n) is 5.67. The number of amidine groups is 1. The second-order valence-electron chi connectivity index (χ2n) is 7.92. The van der Waals surface area contributed by atoms with E-state index in [1.165, 1.54) is 30.3 Å². The molecule has 32 heavy (non-hydrogen) atoms. The first-order valence-electron chi connectivity index (χ1n) is 11.0. The number of amides is 1. The van der Waals surface area contributed by atoms with Crippen molar-refractivity contribution in [3.8, 4) is 0 Å². The lowest BCUT2D eigenvalue weighted by Crippen LogP contribution is -2.40. The third kappa shape index (κ3) is 6.09. The third-order valence-corrected chi connectivity index (χ3v) is 6.54. The summed E-state index contributed by atoms with van der Waals surface area (Å²) in [6, 6.07) is -0.232. The molecule has 1 atom stereocenters. The van der Waals surface area contributed by atoms with Crippen molar-refractivity contribution in [2.45, 2.75) is 57.6 Å². The van der Waals surface area contributed by atoms with Crippen molar-refractivity contribution in [3.63, 3.8) is 0 Å². The standard InChI is InChI=1S/C23H30F2N4O2S/c1-3-12-32-16(2)22-26-14-19(20(28-25)10-7-11-24)21-13-17(15-29(21)22)27-23(30)31-18-8-5-4-6-9-18/h3,7,10,12,17-18H,2,4-6,8-9,11,13-15H2,1H3,(H,27,30)/b10-7-,12-3-,28-20+. The molecule has 1 saturated carbocycles. The van der Waals surface area contributed by atoms with Crippen LogP contribution in [0, 0.1) is 0 Å². The van der Waals surface area contributed by atoms with Gasteiger partial charge < -0.3 is 15.0 Å². The zero-order chi connectivity index (χ0) is 22.9. The van der Waals surface area contributed by atoms with Gasteiger partial charge in [0.25, 0.3) is 0 Å². The molecule has 0 radical (unpaired) electrons. The van der Waals surface area contributed by atoms with Gasteiger partial charge in [0.1, 0.15) is 24.3 Å². The Kier molecular flexibility index (Phi) is 9.08. The normalized spacial score (nSPS) is 22.5. The lowest BCUT2D eigenvalue weighted by atomic mass is 9.98. The van der Waals surface area contributed by atoms with Crippen molar-refractivity contribution in [2.24, 2.45) is 10.2 Å². The van der Waals surface area contributed by atoms with Crippen LogP contribution in [0.15, 0.2) is 56.6 Å². The fraction of sp³-hybridized carbons (Fsp3) is 0.522. The quantitative estimate of drug-likeness (QED) is 0.487. The molecule has 3 rings (SSSR count). The predicted molar refractivity (Wildman–Crippen MR) is 126 cm³/mol. The van der Waals surface area contributed by atoms with Crippen LogP contribution in [0.3, 0.4) is 0 Å². The van der Waals surface area contributed by atoms with Gasteiger partial charge in [0.15, 0.2) is 0 Å². The molecule has 3 aliphatic rings. The molecular weight excluding hydrogens is 434 g/mol. The second kappa shape index (κ2) is 12.0. The lowest BCUT2D eigenvalue weighted by Gasteiger charge is -2.29. The van der Waals surface area contributed by atoms with Crippen molar-refractivity contribution < 1.29 is 18.4 Å². The highest BCUT2D eigenvalue weighted by atomic mass is 32.2. The van der Waals surface area contributed by atoms with Crippen LogP contribution >= 0.6 is 11.8 Å². The molecule has 174 valence electrons. The SMILES string of the molecule is C=C(S/C=C\C)C1=NCC(C(/C=C\CF)=N/F)=C2CC(NC(=O)OC3CCCCC3)CN12. The predicted octanol–water partition coefficient (Wildman–Crippen LogP) is 5.42. The van der Waals surface area contributed by atoms with E-state index in [1.54, 1.807) is 0 Å². The number of carbonyl (C=O) groups excluding carboxylic acids is 1. The first-order chi connectivity index (χ1) is 15.6. The number of nitrogens with zero attached hydrogens (tertiary/aromatic N) is 3. The van der Waals surface area contributed by atoms with Gasteiger partial charge in [-0.25, -0.2) is 9.18 Å². The number of aliphatic imine (C=N–C) groups is 1. The summed E-state index contributed by atoms with van der Waals surface area (Å²) in [5.41, 5.74) is 1.43. The van der Waals surface area contributed by atoms with Gasteiger partial charge in [-0.15, -0.1) is 0 Å². The number of alkyl carbamates (subject to hydrolysis) is 1. The van der Waals surface area contributed by atoms with E-state index in [0.717, 1.165) is 36.3 Å².